The van der Waals surface area contributed by atoms with Crippen LogP contribution in [0.1, 0.15) is 31.9 Å². The number of aliphatic carboxylic acids is 1. The van der Waals surface area contributed by atoms with E-state index in [-0.39, 0.29) is 12.6 Å². The van der Waals surface area contributed by atoms with Crippen molar-refractivity contribution in [2.24, 2.45) is 0 Å². The average Bonchev–Trinajstić information content (AvgIpc) is 2.45. The zero-order valence-electron chi connectivity index (χ0n) is 12.3. The number of carboxylic acid groups (broad SMARTS) is 1. The van der Waals surface area contributed by atoms with Crippen molar-refractivity contribution in [3.05, 3.63) is 35.9 Å². The first-order chi connectivity index (χ1) is 9.97. The molecule has 0 saturated heterocycles. The minimum Gasteiger partial charge on any atom is -0.479 e. The second kappa shape index (κ2) is 8.26. The highest BCUT2D eigenvalue weighted by atomic mass is 16.4. The predicted molar refractivity (Wildman–Crippen MR) is 78.9 cm³/mol. The van der Waals surface area contributed by atoms with Crippen LogP contribution in [0.4, 0.5) is 4.79 Å². The van der Waals surface area contributed by atoms with Gasteiger partial charge in [-0.25, -0.2) is 9.59 Å². The Labute approximate surface area is 124 Å². The molecule has 6 nitrogen and oxygen atoms in total. The van der Waals surface area contributed by atoms with Crippen molar-refractivity contribution in [1.29, 1.82) is 0 Å². The van der Waals surface area contributed by atoms with Gasteiger partial charge in [0.1, 0.15) is 0 Å². The highest BCUT2D eigenvalue weighted by Crippen LogP contribution is 2.14. The number of amides is 2. The Balaban J connectivity index is 2.83. The van der Waals surface area contributed by atoms with Crippen LogP contribution >= 0.6 is 0 Å². The van der Waals surface area contributed by atoms with E-state index in [1.807, 2.05) is 13.8 Å². The quantitative estimate of drug-likeness (QED) is 0.712. The fourth-order valence-electron chi connectivity index (χ4n) is 1.97. The predicted octanol–water partition coefficient (Wildman–Crippen LogP) is 1.61. The van der Waals surface area contributed by atoms with Gasteiger partial charge in [0.25, 0.3) is 0 Å². The molecule has 0 radical (unpaired) electrons. The lowest BCUT2D eigenvalue weighted by Crippen LogP contribution is -2.47. The van der Waals surface area contributed by atoms with Gasteiger partial charge in [0.15, 0.2) is 6.04 Å². The Morgan fingerprint density at radius 3 is 2.33 bits per heavy atom. The Morgan fingerprint density at radius 2 is 1.86 bits per heavy atom. The number of benzene rings is 1. The molecular weight excluding hydrogens is 272 g/mol. The van der Waals surface area contributed by atoms with Gasteiger partial charge in [0.2, 0.25) is 0 Å². The lowest BCUT2D eigenvalue weighted by atomic mass is 10.1. The number of carboxylic acids is 1. The number of aliphatic hydroxyl groups excluding tert-OH is 1. The van der Waals surface area contributed by atoms with Gasteiger partial charge in [-0.1, -0.05) is 30.3 Å². The van der Waals surface area contributed by atoms with Crippen LogP contribution in [0.2, 0.25) is 0 Å². The van der Waals surface area contributed by atoms with Gasteiger partial charge in [-0.05, 0) is 25.8 Å². The van der Waals surface area contributed by atoms with Crippen molar-refractivity contribution in [2.75, 3.05) is 13.2 Å². The highest BCUT2D eigenvalue weighted by Gasteiger charge is 2.25. The van der Waals surface area contributed by atoms with Gasteiger partial charge in [-0.2, -0.15) is 0 Å². The number of rotatable bonds is 7. The molecule has 0 spiro atoms. The third kappa shape index (κ3) is 5.07. The molecule has 1 unspecified atom stereocenters. The zero-order chi connectivity index (χ0) is 15.8. The molecule has 2 amide bonds. The van der Waals surface area contributed by atoms with Crippen LogP contribution in [0.3, 0.4) is 0 Å². The van der Waals surface area contributed by atoms with Crippen LogP contribution in [-0.2, 0) is 4.79 Å². The Bertz CT molecular complexity index is 462. The zero-order valence-corrected chi connectivity index (χ0v) is 12.3. The van der Waals surface area contributed by atoms with Crippen LogP contribution in [0.15, 0.2) is 30.3 Å². The van der Waals surface area contributed by atoms with Crippen LogP contribution in [0, 0.1) is 0 Å². The highest BCUT2D eigenvalue weighted by molar-refractivity contribution is 5.83. The molecule has 1 aromatic carbocycles. The molecule has 0 aliphatic heterocycles. The van der Waals surface area contributed by atoms with E-state index in [9.17, 15) is 14.7 Å². The summed E-state index contributed by atoms with van der Waals surface area (Å²) in [6.07, 6.45) is 0.453. The molecular formula is C15H22N2O4. The largest absolute Gasteiger partial charge is 0.479 e. The van der Waals surface area contributed by atoms with Crippen molar-refractivity contribution < 1.29 is 19.8 Å². The summed E-state index contributed by atoms with van der Waals surface area (Å²) in [5.74, 6) is -1.11. The molecule has 0 heterocycles. The van der Waals surface area contributed by atoms with E-state index < -0.39 is 18.0 Å². The van der Waals surface area contributed by atoms with Crippen LogP contribution < -0.4 is 5.32 Å². The van der Waals surface area contributed by atoms with E-state index in [2.05, 4.69) is 5.32 Å². The molecule has 0 saturated carbocycles. The second-order valence-electron chi connectivity index (χ2n) is 5.00. The first-order valence-corrected chi connectivity index (χ1v) is 6.93. The number of aliphatic hydroxyl groups is 1. The smallest absolute Gasteiger partial charge is 0.330 e. The second-order valence-corrected chi connectivity index (χ2v) is 5.00. The van der Waals surface area contributed by atoms with Gasteiger partial charge in [0, 0.05) is 19.2 Å². The molecule has 0 aliphatic rings. The monoisotopic (exact) mass is 294 g/mol. The molecule has 21 heavy (non-hydrogen) atoms. The summed E-state index contributed by atoms with van der Waals surface area (Å²) in [6.45, 7) is 4.04. The van der Waals surface area contributed by atoms with E-state index >= 15 is 0 Å². The number of nitrogens with zero attached hydrogens (tertiary/aromatic N) is 1. The van der Waals surface area contributed by atoms with Crippen LogP contribution in [0.5, 0.6) is 0 Å². The van der Waals surface area contributed by atoms with E-state index in [4.69, 9.17) is 5.11 Å². The summed E-state index contributed by atoms with van der Waals surface area (Å²) in [5, 5.41) is 20.7. The topological polar surface area (TPSA) is 89.9 Å². The summed E-state index contributed by atoms with van der Waals surface area (Å²) >= 11 is 0. The van der Waals surface area contributed by atoms with Crippen LogP contribution in [0.25, 0.3) is 0 Å². The molecule has 6 heteroatoms. The number of carbonyl (C=O) groups is 2. The van der Waals surface area contributed by atoms with Crippen molar-refractivity contribution in [2.45, 2.75) is 32.4 Å². The minimum absolute atomic E-state index is 0.0163. The summed E-state index contributed by atoms with van der Waals surface area (Å²) < 4.78 is 0. The summed E-state index contributed by atoms with van der Waals surface area (Å²) in [5.41, 5.74) is 0.518. The van der Waals surface area contributed by atoms with Crippen molar-refractivity contribution in [3.8, 4) is 0 Å². The van der Waals surface area contributed by atoms with Crippen LogP contribution in [-0.4, -0.2) is 46.3 Å². The summed E-state index contributed by atoms with van der Waals surface area (Å²) in [4.78, 5) is 25.1. The first-order valence-electron chi connectivity index (χ1n) is 6.93. The fraction of sp³-hybridized carbons (Fsp3) is 0.467. The summed E-state index contributed by atoms with van der Waals surface area (Å²) in [7, 11) is 0. The first kappa shape index (κ1) is 17.0. The van der Waals surface area contributed by atoms with Crippen molar-refractivity contribution in [3.63, 3.8) is 0 Å². The maximum atomic E-state index is 12.2. The lowest BCUT2D eigenvalue weighted by molar-refractivity contribution is -0.139. The van der Waals surface area contributed by atoms with E-state index in [0.29, 0.717) is 18.5 Å². The maximum Gasteiger partial charge on any atom is 0.330 e. The third-order valence-electron chi connectivity index (χ3n) is 3.09. The standard InChI is InChI=1S/C15H22N2O4/c1-11(2)17(9-6-10-18)15(21)16-13(14(19)20)12-7-4-3-5-8-12/h3-5,7-8,11,13,18H,6,9-10H2,1-2H3,(H,16,21)(H,19,20). The normalized spacial score (nSPS) is 12.0. The Morgan fingerprint density at radius 1 is 1.24 bits per heavy atom. The van der Waals surface area contributed by atoms with E-state index in [1.165, 1.54) is 4.90 Å². The maximum absolute atomic E-state index is 12.2. The van der Waals surface area contributed by atoms with Gasteiger partial charge in [-0.15, -0.1) is 0 Å². The molecule has 1 aromatic rings. The fourth-order valence-corrected chi connectivity index (χ4v) is 1.97. The molecule has 0 aromatic heterocycles. The van der Waals surface area contributed by atoms with E-state index in [1.54, 1.807) is 30.3 Å². The number of carbonyl (C=O) groups excluding carboxylic acids is 1. The molecule has 1 atom stereocenters. The van der Waals surface area contributed by atoms with Crippen molar-refractivity contribution in [1.82, 2.24) is 10.2 Å². The molecule has 116 valence electrons. The van der Waals surface area contributed by atoms with Gasteiger partial charge in [-0.3, -0.25) is 0 Å². The van der Waals surface area contributed by atoms with Gasteiger partial charge >= 0.3 is 12.0 Å². The average molecular weight is 294 g/mol. The number of nitrogens with one attached hydrogen (secondary N) is 1. The lowest BCUT2D eigenvalue weighted by Gasteiger charge is -2.28. The Hall–Kier alpha value is -2.08. The third-order valence-corrected chi connectivity index (χ3v) is 3.09. The molecule has 3 N–H and O–H groups in total. The number of hydrogen-bond acceptors (Lipinski definition) is 3. The Kier molecular flexibility index (Phi) is 6.68. The van der Waals surface area contributed by atoms with Gasteiger partial charge in [0.05, 0.1) is 0 Å². The SMILES string of the molecule is CC(C)N(CCCO)C(=O)NC(C(=O)O)c1ccccc1. The molecule has 0 aliphatic carbocycles. The number of hydrogen-bond donors (Lipinski definition) is 3. The molecule has 0 fully saturated rings. The minimum atomic E-state index is -1.11. The van der Waals surface area contributed by atoms with Crippen molar-refractivity contribution >= 4 is 12.0 Å². The van der Waals surface area contributed by atoms with Gasteiger partial charge < -0.3 is 20.4 Å². The number of urea groups is 1. The summed E-state index contributed by atoms with van der Waals surface area (Å²) in [6, 6.07) is 6.93. The molecule has 0 bridgehead atoms. The van der Waals surface area contributed by atoms with E-state index in [0.717, 1.165) is 0 Å². The molecule has 1 rings (SSSR count).